The monoisotopic (exact) mass is 923 g/mol. The van der Waals surface area contributed by atoms with Crippen LogP contribution in [0.4, 0.5) is 9.59 Å². The summed E-state index contributed by atoms with van der Waals surface area (Å²) in [4.78, 5) is 75.8. The van der Waals surface area contributed by atoms with Crippen LogP contribution in [0.5, 0.6) is 0 Å². The molecule has 0 atom stereocenters. The van der Waals surface area contributed by atoms with Crippen molar-refractivity contribution in [3.8, 4) is 0 Å². The Labute approximate surface area is 381 Å². The molecule has 0 rings (SSSR count). The molecule has 0 aromatic carbocycles. The van der Waals surface area contributed by atoms with Crippen molar-refractivity contribution in [3.05, 3.63) is 0 Å². The number of aliphatic hydroxyl groups is 2. The quantitative estimate of drug-likeness (QED) is 0.0388. The van der Waals surface area contributed by atoms with E-state index in [1.54, 1.807) is 0 Å². The normalized spacial score (nSPS) is 11.2. The highest BCUT2D eigenvalue weighted by Crippen LogP contribution is 2.08. The molecule has 0 radical (unpaired) electrons. The minimum absolute atomic E-state index is 0.0187. The predicted molar refractivity (Wildman–Crippen MR) is 236 cm³/mol. The molecule has 0 spiro atoms. The minimum Gasteiger partial charge on any atom is -0.464 e. The van der Waals surface area contributed by atoms with Gasteiger partial charge >= 0.3 is 36.1 Å². The summed E-state index contributed by atoms with van der Waals surface area (Å²) in [6.45, 7) is 12.3. The summed E-state index contributed by atoms with van der Waals surface area (Å²) in [7, 11) is 0. The molecule has 0 fully saturated rings. The molecular weight excluding hydrogens is 840 g/mol. The molecule has 0 aliphatic heterocycles. The van der Waals surface area contributed by atoms with E-state index in [2.05, 4.69) is 10.6 Å². The van der Waals surface area contributed by atoms with Crippen LogP contribution in [0.15, 0.2) is 0 Å². The number of rotatable bonds is 43. The molecule has 20 nitrogen and oxygen atoms in total. The number of aliphatic hydroxyl groups excluding tert-OH is 2. The zero-order chi connectivity index (χ0) is 47.5. The highest BCUT2D eigenvalue weighted by atomic mass is 16.6. The number of nitrogens with zero attached hydrogens (tertiary/aromatic N) is 2. The van der Waals surface area contributed by atoms with Crippen molar-refractivity contribution >= 4 is 36.1 Å². The third kappa shape index (κ3) is 42.1. The molecule has 0 saturated heterocycles. The maximum absolute atomic E-state index is 12.2. The molecule has 0 unspecified atom stereocenters. The highest BCUT2D eigenvalue weighted by Gasteiger charge is 2.14. The molecule has 0 aliphatic carbocycles. The zero-order valence-electron chi connectivity index (χ0n) is 39.3. The average Bonchev–Trinajstić information content (AvgIpc) is 3.25. The van der Waals surface area contributed by atoms with Gasteiger partial charge in [0.2, 0.25) is 0 Å². The van der Waals surface area contributed by atoms with E-state index in [9.17, 15) is 28.8 Å². The van der Waals surface area contributed by atoms with Crippen LogP contribution >= 0.6 is 0 Å². The lowest BCUT2D eigenvalue weighted by Gasteiger charge is -2.22. The van der Waals surface area contributed by atoms with Gasteiger partial charge < -0.3 is 58.7 Å². The van der Waals surface area contributed by atoms with Crippen molar-refractivity contribution in [1.29, 1.82) is 0 Å². The van der Waals surface area contributed by atoms with Crippen molar-refractivity contribution in [3.63, 3.8) is 0 Å². The van der Waals surface area contributed by atoms with E-state index >= 15 is 0 Å². The maximum Gasteiger partial charge on any atom is 0.407 e. The van der Waals surface area contributed by atoms with Gasteiger partial charge in [-0.15, -0.1) is 0 Å². The number of alkyl carbamates (subject to hydrolysis) is 2. The van der Waals surface area contributed by atoms with Crippen molar-refractivity contribution in [2.45, 2.75) is 130 Å². The van der Waals surface area contributed by atoms with Crippen LogP contribution < -0.4 is 10.6 Å². The van der Waals surface area contributed by atoms with E-state index in [0.717, 1.165) is 51.4 Å². The van der Waals surface area contributed by atoms with Gasteiger partial charge in [-0.25, -0.2) is 9.59 Å². The summed E-state index contributed by atoms with van der Waals surface area (Å²) in [5.74, 6) is -1.42. The van der Waals surface area contributed by atoms with Gasteiger partial charge in [0.1, 0.15) is 39.6 Å². The Kier molecular flexibility index (Phi) is 40.5. The van der Waals surface area contributed by atoms with E-state index < -0.39 is 24.1 Å². The smallest absolute Gasteiger partial charge is 0.407 e. The summed E-state index contributed by atoms with van der Waals surface area (Å²) >= 11 is 0. The Balaban J connectivity index is 3.83. The van der Waals surface area contributed by atoms with E-state index in [0.29, 0.717) is 84.8 Å². The van der Waals surface area contributed by atoms with Crippen LogP contribution in [-0.4, -0.2) is 187 Å². The molecule has 0 heterocycles. The Hall–Kier alpha value is -3.82. The van der Waals surface area contributed by atoms with Gasteiger partial charge in [0.05, 0.1) is 51.5 Å². The van der Waals surface area contributed by atoms with Crippen molar-refractivity contribution in [2.24, 2.45) is 0 Å². The second-order valence-corrected chi connectivity index (χ2v) is 15.5. The van der Waals surface area contributed by atoms with E-state index in [-0.39, 0.29) is 96.3 Å². The lowest BCUT2D eigenvalue weighted by atomic mass is 10.1. The van der Waals surface area contributed by atoms with Gasteiger partial charge in [0.25, 0.3) is 0 Å². The molecule has 374 valence electrons. The van der Waals surface area contributed by atoms with Crippen molar-refractivity contribution in [1.82, 2.24) is 20.4 Å². The van der Waals surface area contributed by atoms with Crippen LogP contribution in [0.25, 0.3) is 0 Å². The van der Waals surface area contributed by atoms with Gasteiger partial charge in [-0.1, -0.05) is 38.5 Å². The number of esters is 4. The fourth-order valence-electron chi connectivity index (χ4n) is 5.79. The second-order valence-electron chi connectivity index (χ2n) is 15.5. The summed E-state index contributed by atoms with van der Waals surface area (Å²) in [6.07, 6.45) is 8.09. The van der Waals surface area contributed by atoms with Gasteiger partial charge in [0.15, 0.2) is 0 Å². The Morgan fingerprint density at radius 2 is 0.719 bits per heavy atom. The van der Waals surface area contributed by atoms with Crippen molar-refractivity contribution < 1.29 is 76.9 Å². The van der Waals surface area contributed by atoms with E-state index in [4.69, 9.17) is 48.1 Å². The third-order valence-corrected chi connectivity index (χ3v) is 9.24. The molecule has 0 aliphatic rings. The predicted octanol–water partition coefficient (Wildman–Crippen LogP) is 3.51. The number of carbonyl (C=O) groups excluding carboxylic acids is 6. The standard InChI is InChI=1S/C44H82N4O16/c1-37(2)57-29-23-47(21-17-41(53)60-33-27-49)25-31-59-39(51)15-11-7-5-10-14-20-46-44(56)64-36-35-62-40(52)16-12-8-6-9-13-19-45-43(55)63-32-26-48(24-30-58-38(3)4)22-18-42(54)61-34-28-50/h37-38,49-50H,5-36H2,1-4H3,(H,45,55)(H,46,56). The number of hydrogen-bond acceptors (Lipinski definition) is 18. The molecule has 20 heteroatoms. The number of nitrogens with one attached hydrogen (secondary N) is 2. The SMILES string of the molecule is CC(C)OCCN(CCOC(=O)CCCCCCCNC(=O)OCCOC(=O)CCCCCCCNC(=O)OCCN(CCOC(C)C)CCC(=O)OCCO)CCC(=O)OCCO. The minimum atomic E-state index is -0.573. The Morgan fingerprint density at radius 1 is 0.391 bits per heavy atom. The van der Waals surface area contributed by atoms with Crippen LogP contribution in [0.3, 0.4) is 0 Å². The Bertz CT molecular complexity index is 1120. The van der Waals surface area contributed by atoms with Crippen LogP contribution in [0.1, 0.15) is 118 Å². The van der Waals surface area contributed by atoms with Crippen LogP contribution in [0.2, 0.25) is 0 Å². The molecule has 4 N–H and O–H groups in total. The summed E-state index contributed by atoms with van der Waals surface area (Å²) in [5, 5.41) is 23.0. The molecule has 0 aromatic heterocycles. The largest absolute Gasteiger partial charge is 0.464 e. The van der Waals surface area contributed by atoms with Gasteiger partial charge in [-0.3, -0.25) is 29.0 Å². The third-order valence-electron chi connectivity index (χ3n) is 9.24. The lowest BCUT2D eigenvalue weighted by molar-refractivity contribution is -0.146. The Morgan fingerprint density at radius 3 is 1.16 bits per heavy atom. The second kappa shape index (κ2) is 43.1. The molecule has 0 aromatic rings. The number of ether oxygens (including phenoxy) is 8. The first-order valence-corrected chi connectivity index (χ1v) is 23.2. The summed E-state index contributed by atoms with van der Waals surface area (Å²) in [6, 6.07) is 0. The maximum atomic E-state index is 12.2. The first kappa shape index (κ1) is 60.2. The van der Waals surface area contributed by atoms with Crippen molar-refractivity contribution in [2.75, 3.05) is 118 Å². The molecule has 2 amide bonds. The fourth-order valence-corrected chi connectivity index (χ4v) is 5.79. The first-order chi connectivity index (χ1) is 30.9. The zero-order valence-corrected chi connectivity index (χ0v) is 39.3. The van der Waals surface area contributed by atoms with Gasteiger partial charge in [-0.2, -0.15) is 0 Å². The molecule has 0 saturated carbocycles. The summed E-state index contributed by atoms with van der Waals surface area (Å²) < 4.78 is 41.9. The van der Waals surface area contributed by atoms with Crippen LogP contribution in [0, 0.1) is 0 Å². The van der Waals surface area contributed by atoms with E-state index in [1.807, 2.05) is 37.5 Å². The highest BCUT2D eigenvalue weighted by molar-refractivity contribution is 5.70. The number of carbonyl (C=O) groups is 6. The number of unbranched alkanes of at least 4 members (excludes halogenated alkanes) is 8. The molecule has 64 heavy (non-hydrogen) atoms. The number of amides is 2. The number of hydrogen-bond donors (Lipinski definition) is 4. The molecular formula is C44H82N4O16. The van der Waals surface area contributed by atoms with E-state index in [1.165, 1.54) is 0 Å². The summed E-state index contributed by atoms with van der Waals surface area (Å²) in [5.41, 5.74) is 0. The average molecular weight is 923 g/mol. The van der Waals surface area contributed by atoms with Crippen LogP contribution in [-0.2, 0) is 57.1 Å². The molecule has 0 bridgehead atoms. The fraction of sp³-hybridized carbons (Fsp3) is 0.864. The van der Waals surface area contributed by atoms with Gasteiger partial charge in [0, 0.05) is 65.2 Å². The lowest BCUT2D eigenvalue weighted by Crippen LogP contribution is -2.35. The van der Waals surface area contributed by atoms with Gasteiger partial charge in [-0.05, 0) is 53.4 Å². The topological polar surface area (TPSA) is 247 Å². The first-order valence-electron chi connectivity index (χ1n) is 23.2.